The van der Waals surface area contributed by atoms with Crippen LogP contribution in [0.1, 0.15) is 16.8 Å². The van der Waals surface area contributed by atoms with Crippen LogP contribution in [0.25, 0.3) is 0 Å². The van der Waals surface area contributed by atoms with Crippen molar-refractivity contribution in [3.63, 3.8) is 0 Å². The average molecular weight is 227 g/mol. The molecule has 1 aliphatic rings. The monoisotopic (exact) mass is 226 g/mol. The third-order valence-electron chi connectivity index (χ3n) is 2.08. The quantitative estimate of drug-likeness (QED) is 0.690. The van der Waals surface area contributed by atoms with Gasteiger partial charge in [0.1, 0.15) is 0 Å². The molecule has 2 rings (SSSR count). The molecule has 0 fully saturated rings. The molecule has 1 unspecified atom stereocenters. The van der Waals surface area contributed by atoms with Crippen LogP contribution >= 0.6 is 23.4 Å². The zero-order chi connectivity index (χ0) is 10.1. The van der Waals surface area contributed by atoms with Crippen LogP contribution in [-0.2, 0) is 4.79 Å². The lowest BCUT2D eigenvalue weighted by Crippen LogP contribution is -2.21. The topological polar surface area (TPSA) is 34.1 Å². The first-order valence-corrected chi connectivity index (χ1v) is 5.42. The van der Waals surface area contributed by atoms with Gasteiger partial charge in [-0.3, -0.25) is 9.59 Å². The van der Waals surface area contributed by atoms with Gasteiger partial charge in [0.05, 0.1) is 5.25 Å². The van der Waals surface area contributed by atoms with E-state index in [0.717, 1.165) is 4.90 Å². The summed E-state index contributed by atoms with van der Waals surface area (Å²) >= 11 is 6.74. The van der Waals surface area contributed by atoms with Crippen LogP contribution in [0.4, 0.5) is 0 Å². The molecule has 0 radical (unpaired) electrons. The van der Waals surface area contributed by atoms with E-state index in [4.69, 9.17) is 11.6 Å². The van der Waals surface area contributed by atoms with E-state index in [-0.39, 0.29) is 12.2 Å². The third kappa shape index (κ3) is 1.70. The van der Waals surface area contributed by atoms with E-state index in [1.807, 2.05) is 18.2 Å². The van der Waals surface area contributed by atoms with Crippen molar-refractivity contribution in [2.24, 2.45) is 0 Å². The van der Waals surface area contributed by atoms with E-state index < -0.39 is 10.5 Å². The molecule has 14 heavy (non-hydrogen) atoms. The number of carbonyl (C=O) groups excluding carboxylic acids is 2. The Morgan fingerprint density at radius 1 is 1.43 bits per heavy atom. The van der Waals surface area contributed by atoms with Gasteiger partial charge in [0, 0.05) is 16.9 Å². The number of rotatable bonds is 1. The van der Waals surface area contributed by atoms with Crippen molar-refractivity contribution >= 4 is 34.4 Å². The largest absolute Gasteiger partial charge is 0.294 e. The van der Waals surface area contributed by atoms with Crippen molar-refractivity contribution in [3.05, 3.63) is 29.8 Å². The number of halogens is 1. The zero-order valence-electron chi connectivity index (χ0n) is 7.20. The third-order valence-corrected chi connectivity index (χ3v) is 3.75. The molecular formula is C10H7ClO2S. The summed E-state index contributed by atoms with van der Waals surface area (Å²) in [6, 6.07) is 7.28. The Kier molecular flexibility index (Phi) is 2.61. The van der Waals surface area contributed by atoms with E-state index >= 15 is 0 Å². The molecule has 0 saturated heterocycles. The van der Waals surface area contributed by atoms with Crippen molar-refractivity contribution in [2.45, 2.75) is 16.6 Å². The first kappa shape index (κ1) is 9.74. The van der Waals surface area contributed by atoms with Gasteiger partial charge in [0.25, 0.3) is 0 Å². The molecule has 1 atom stereocenters. The second-order valence-electron chi connectivity index (χ2n) is 3.03. The standard InChI is InChI=1S/C10H7ClO2S/c11-10(13)9-5-7(12)6-3-1-2-4-8(6)14-9/h1-4,9H,5H2. The van der Waals surface area contributed by atoms with E-state index in [1.54, 1.807) is 6.07 Å². The maximum absolute atomic E-state index is 11.6. The van der Waals surface area contributed by atoms with Gasteiger partial charge in [-0.2, -0.15) is 0 Å². The summed E-state index contributed by atoms with van der Waals surface area (Å²) in [7, 11) is 0. The van der Waals surface area contributed by atoms with E-state index in [0.29, 0.717) is 5.56 Å². The normalized spacial score (nSPS) is 20.4. The van der Waals surface area contributed by atoms with Crippen molar-refractivity contribution in [1.29, 1.82) is 0 Å². The number of thioether (sulfide) groups is 1. The van der Waals surface area contributed by atoms with E-state index in [1.165, 1.54) is 11.8 Å². The Hall–Kier alpha value is -0.800. The van der Waals surface area contributed by atoms with Crippen LogP contribution in [0.5, 0.6) is 0 Å². The van der Waals surface area contributed by atoms with Gasteiger partial charge in [0.15, 0.2) is 5.78 Å². The van der Waals surface area contributed by atoms with Gasteiger partial charge in [-0.1, -0.05) is 18.2 Å². The van der Waals surface area contributed by atoms with Crippen LogP contribution in [0, 0.1) is 0 Å². The second-order valence-corrected chi connectivity index (χ2v) is 4.65. The smallest absolute Gasteiger partial charge is 0.235 e. The van der Waals surface area contributed by atoms with Gasteiger partial charge in [-0.05, 0) is 17.7 Å². The highest BCUT2D eigenvalue weighted by Gasteiger charge is 2.29. The average Bonchev–Trinajstić information content (AvgIpc) is 2.17. The summed E-state index contributed by atoms with van der Waals surface area (Å²) in [5.74, 6) is -0.00153. The van der Waals surface area contributed by atoms with Gasteiger partial charge in [0.2, 0.25) is 5.24 Å². The minimum absolute atomic E-state index is 0.00153. The Morgan fingerprint density at radius 3 is 2.86 bits per heavy atom. The van der Waals surface area contributed by atoms with Crippen LogP contribution in [0.2, 0.25) is 0 Å². The number of hydrogen-bond donors (Lipinski definition) is 0. The molecule has 0 N–H and O–H groups in total. The fourth-order valence-corrected chi connectivity index (χ4v) is 2.71. The maximum Gasteiger partial charge on any atom is 0.235 e. The molecule has 1 aromatic rings. The van der Waals surface area contributed by atoms with Crippen molar-refractivity contribution in [1.82, 2.24) is 0 Å². The molecule has 0 spiro atoms. The molecular weight excluding hydrogens is 220 g/mol. The lowest BCUT2D eigenvalue weighted by atomic mass is 10.1. The number of ketones is 1. The zero-order valence-corrected chi connectivity index (χ0v) is 8.77. The van der Waals surface area contributed by atoms with Crippen LogP contribution < -0.4 is 0 Å². The fraction of sp³-hybridized carbons (Fsp3) is 0.200. The summed E-state index contributed by atoms with van der Waals surface area (Å²) in [6.07, 6.45) is 0.212. The molecule has 0 aromatic heterocycles. The summed E-state index contributed by atoms with van der Waals surface area (Å²) in [5, 5.41) is -0.864. The minimum atomic E-state index is -0.446. The molecule has 4 heteroatoms. The number of Topliss-reactive ketones (excluding diaryl/α,β-unsaturated/α-hetero) is 1. The molecule has 0 aliphatic carbocycles. The lowest BCUT2D eigenvalue weighted by Gasteiger charge is -2.19. The number of benzene rings is 1. The molecule has 2 nitrogen and oxygen atoms in total. The van der Waals surface area contributed by atoms with E-state index in [2.05, 4.69) is 0 Å². The Morgan fingerprint density at radius 2 is 2.14 bits per heavy atom. The van der Waals surface area contributed by atoms with Gasteiger partial charge in [-0.25, -0.2) is 0 Å². The Balaban J connectivity index is 2.38. The van der Waals surface area contributed by atoms with Crippen LogP contribution in [0.3, 0.4) is 0 Å². The molecule has 1 aromatic carbocycles. The molecule has 0 amide bonds. The number of hydrogen-bond acceptors (Lipinski definition) is 3. The Bertz CT molecular complexity index is 403. The van der Waals surface area contributed by atoms with Gasteiger partial charge < -0.3 is 0 Å². The van der Waals surface area contributed by atoms with Crippen molar-refractivity contribution in [3.8, 4) is 0 Å². The predicted molar refractivity (Wildman–Crippen MR) is 55.9 cm³/mol. The molecule has 0 bridgehead atoms. The SMILES string of the molecule is O=C1CC(C(=O)Cl)Sc2ccccc21. The first-order valence-electron chi connectivity index (χ1n) is 4.16. The molecule has 1 aliphatic heterocycles. The maximum atomic E-state index is 11.6. The van der Waals surface area contributed by atoms with Gasteiger partial charge in [-0.15, -0.1) is 11.8 Å². The highest BCUT2D eigenvalue weighted by Crippen LogP contribution is 2.35. The summed E-state index contributed by atoms with van der Waals surface area (Å²) in [4.78, 5) is 23.4. The second kappa shape index (κ2) is 3.75. The highest BCUT2D eigenvalue weighted by molar-refractivity contribution is 8.01. The van der Waals surface area contributed by atoms with Gasteiger partial charge >= 0.3 is 0 Å². The minimum Gasteiger partial charge on any atom is -0.294 e. The summed E-state index contributed by atoms with van der Waals surface area (Å²) in [5.41, 5.74) is 0.701. The van der Waals surface area contributed by atoms with Crippen LogP contribution in [-0.4, -0.2) is 16.3 Å². The molecule has 1 heterocycles. The Labute approximate surface area is 90.6 Å². The van der Waals surface area contributed by atoms with Crippen molar-refractivity contribution in [2.75, 3.05) is 0 Å². The molecule has 0 saturated carbocycles. The predicted octanol–water partition coefficient (Wildman–Crippen LogP) is 2.50. The number of fused-ring (bicyclic) bond motifs is 1. The first-order chi connectivity index (χ1) is 6.68. The highest BCUT2D eigenvalue weighted by atomic mass is 35.5. The summed E-state index contributed by atoms with van der Waals surface area (Å²) < 4.78 is 0. The lowest BCUT2D eigenvalue weighted by molar-refractivity contribution is -0.111. The van der Waals surface area contributed by atoms with Crippen LogP contribution in [0.15, 0.2) is 29.2 Å². The fourth-order valence-electron chi connectivity index (χ4n) is 1.40. The molecule has 72 valence electrons. The van der Waals surface area contributed by atoms with Crippen molar-refractivity contribution < 1.29 is 9.59 Å². The van der Waals surface area contributed by atoms with E-state index in [9.17, 15) is 9.59 Å². The number of carbonyl (C=O) groups is 2. The summed E-state index contributed by atoms with van der Waals surface area (Å²) in [6.45, 7) is 0.